The Hall–Kier alpha value is -1.02. The highest BCUT2D eigenvalue weighted by Crippen LogP contribution is 2.34. The third kappa shape index (κ3) is 2.38. The number of rotatable bonds is 1. The van der Waals surface area contributed by atoms with E-state index in [4.69, 9.17) is 4.74 Å². The largest absolute Gasteiger partial charge is 0.487 e. The molecule has 0 aliphatic heterocycles. The average molecular weight is 279 g/mol. The summed E-state index contributed by atoms with van der Waals surface area (Å²) in [5.41, 5.74) is -0.176. The molecule has 0 saturated carbocycles. The molecule has 2 aromatic carbocycles. The van der Waals surface area contributed by atoms with Crippen LogP contribution in [0.25, 0.3) is 10.8 Å². The number of benzene rings is 2. The Balaban J connectivity index is 2.53. The second-order valence-electron chi connectivity index (χ2n) is 4.81. The maximum absolute atomic E-state index is 5.89. The van der Waals surface area contributed by atoms with Gasteiger partial charge in [-0.3, -0.25) is 0 Å². The van der Waals surface area contributed by atoms with Gasteiger partial charge in [0.05, 0.1) is 4.47 Å². The molecule has 0 saturated heterocycles. The van der Waals surface area contributed by atoms with Crippen molar-refractivity contribution >= 4 is 26.7 Å². The highest BCUT2D eigenvalue weighted by Gasteiger charge is 2.14. The number of ether oxygens (including phenoxy) is 1. The number of hydrogen-bond acceptors (Lipinski definition) is 1. The molecule has 0 spiro atoms. The standard InChI is InChI=1S/C14H15BrO/c1-14(2,3)16-12-9-8-10-6-4-5-7-11(10)13(12)15/h4-9H,1-3H3. The first-order valence-corrected chi connectivity index (χ1v) is 6.13. The molecule has 2 rings (SSSR count). The summed E-state index contributed by atoms with van der Waals surface area (Å²) in [5.74, 6) is 0.895. The second kappa shape index (κ2) is 4.10. The SMILES string of the molecule is CC(C)(C)Oc1ccc2ccccc2c1Br. The average Bonchev–Trinajstić information content (AvgIpc) is 2.21. The van der Waals surface area contributed by atoms with E-state index in [2.05, 4.69) is 54.9 Å². The Bertz CT molecular complexity index is 512. The molecule has 0 aromatic heterocycles. The van der Waals surface area contributed by atoms with Gasteiger partial charge in [-0.2, -0.15) is 0 Å². The molecule has 0 amide bonds. The number of hydrogen-bond donors (Lipinski definition) is 0. The summed E-state index contributed by atoms with van der Waals surface area (Å²) in [5, 5.41) is 2.40. The molecule has 0 aliphatic carbocycles. The maximum atomic E-state index is 5.89. The number of halogens is 1. The molecular weight excluding hydrogens is 264 g/mol. The molecule has 2 aromatic rings. The Morgan fingerprint density at radius 1 is 1.00 bits per heavy atom. The van der Waals surface area contributed by atoms with Gasteiger partial charge in [0, 0.05) is 0 Å². The van der Waals surface area contributed by atoms with Gasteiger partial charge in [0.25, 0.3) is 0 Å². The molecule has 0 unspecified atom stereocenters. The molecule has 0 radical (unpaired) electrons. The monoisotopic (exact) mass is 278 g/mol. The summed E-state index contributed by atoms with van der Waals surface area (Å²) in [4.78, 5) is 0. The Morgan fingerprint density at radius 3 is 2.38 bits per heavy atom. The number of fused-ring (bicyclic) bond motifs is 1. The molecule has 16 heavy (non-hydrogen) atoms. The van der Waals surface area contributed by atoms with E-state index in [-0.39, 0.29) is 5.60 Å². The summed E-state index contributed by atoms with van der Waals surface area (Å²) in [7, 11) is 0. The van der Waals surface area contributed by atoms with E-state index >= 15 is 0 Å². The molecule has 0 bridgehead atoms. The van der Waals surface area contributed by atoms with E-state index < -0.39 is 0 Å². The van der Waals surface area contributed by atoms with Gasteiger partial charge in [0.1, 0.15) is 11.4 Å². The zero-order valence-corrected chi connectivity index (χ0v) is 11.3. The fraction of sp³-hybridized carbons (Fsp3) is 0.286. The predicted molar refractivity (Wildman–Crippen MR) is 72.0 cm³/mol. The van der Waals surface area contributed by atoms with Crippen LogP contribution in [0.3, 0.4) is 0 Å². The van der Waals surface area contributed by atoms with E-state index in [1.807, 2.05) is 18.2 Å². The van der Waals surface area contributed by atoms with E-state index in [0.29, 0.717) is 0 Å². The molecule has 0 atom stereocenters. The molecule has 0 aliphatic rings. The minimum absolute atomic E-state index is 0.176. The van der Waals surface area contributed by atoms with Crippen molar-refractivity contribution in [3.05, 3.63) is 40.9 Å². The van der Waals surface area contributed by atoms with Gasteiger partial charge >= 0.3 is 0 Å². The smallest absolute Gasteiger partial charge is 0.134 e. The van der Waals surface area contributed by atoms with E-state index in [1.165, 1.54) is 10.8 Å². The highest BCUT2D eigenvalue weighted by atomic mass is 79.9. The summed E-state index contributed by atoms with van der Waals surface area (Å²) in [6.07, 6.45) is 0. The normalized spacial score (nSPS) is 11.8. The minimum Gasteiger partial charge on any atom is -0.487 e. The fourth-order valence-corrected chi connectivity index (χ4v) is 2.20. The van der Waals surface area contributed by atoms with Crippen molar-refractivity contribution in [2.45, 2.75) is 26.4 Å². The van der Waals surface area contributed by atoms with Crippen LogP contribution in [-0.4, -0.2) is 5.60 Å². The van der Waals surface area contributed by atoms with Gasteiger partial charge in [-0.1, -0.05) is 30.3 Å². The highest BCUT2D eigenvalue weighted by molar-refractivity contribution is 9.10. The van der Waals surface area contributed by atoms with Crippen LogP contribution >= 0.6 is 15.9 Å². The lowest BCUT2D eigenvalue weighted by Crippen LogP contribution is -2.23. The Labute approximate surface area is 105 Å². The Kier molecular flexibility index (Phi) is 2.94. The van der Waals surface area contributed by atoms with Crippen LogP contribution in [0.4, 0.5) is 0 Å². The third-order valence-electron chi connectivity index (χ3n) is 2.24. The van der Waals surface area contributed by atoms with Gasteiger partial charge in [-0.25, -0.2) is 0 Å². The molecule has 1 nitrogen and oxygen atoms in total. The second-order valence-corrected chi connectivity index (χ2v) is 5.61. The first-order valence-electron chi connectivity index (χ1n) is 5.34. The van der Waals surface area contributed by atoms with Crippen LogP contribution in [0, 0.1) is 0 Å². The van der Waals surface area contributed by atoms with Gasteiger partial charge < -0.3 is 4.74 Å². The van der Waals surface area contributed by atoms with E-state index in [9.17, 15) is 0 Å². The lowest BCUT2D eigenvalue weighted by Gasteiger charge is -2.22. The third-order valence-corrected chi connectivity index (χ3v) is 3.06. The maximum Gasteiger partial charge on any atom is 0.134 e. The van der Waals surface area contributed by atoms with E-state index in [0.717, 1.165) is 10.2 Å². The van der Waals surface area contributed by atoms with Gasteiger partial charge in [0.15, 0.2) is 0 Å². The van der Waals surface area contributed by atoms with Crippen LogP contribution < -0.4 is 4.74 Å². The minimum atomic E-state index is -0.176. The van der Waals surface area contributed by atoms with Crippen molar-refractivity contribution in [1.82, 2.24) is 0 Å². The van der Waals surface area contributed by atoms with Gasteiger partial charge in [-0.15, -0.1) is 0 Å². The van der Waals surface area contributed by atoms with Gasteiger partial charge in [0.2, 0.25) is 0 Å². The predicted octanol–water partition coefficient (Wildman–Crippen LogP) is 4.78. The summed E-state index contributed by atoms with van der Waals surface area (Å²) >= 11 is 3.61. The first kappa shape index (κ1) is 11.5. The first-order chi connectivity index (χ1) is 7.47. The van der Waals surface area contributed by atoms with E-state index in [1.54, 1.807) is 0 Å². The lowest BCUT2D eigenvalue weighted by molar-refractivity contribution is 0.130. The fourth-order valence-electron chi connectivity index (χ4n) is 1.62. The summed E-state index contributed by atoms with van der Waals surface area (Å²) < 4.78 is 6.92. The van der Waals surface area contributed by atoms with Crippen LogP contribution in [0.15, 0.2) is 40.9 Å². The zero-order valence-electron chi connectivity index (χ0n) is 9.75. The van der Waals surface area contributed by atoms with Crippen molar-refractivity contribution in [3.63, 3.8) is 0 Å². The van der Waals surface area contributed by atoms with Crippen molar-refractivity contribution in [2.75, 3.05) is 0 Å². The Morgan fingerprint density at radius 2 is 1.69 bits per heavy atom. The molecule has 0 heterocycles. The van der Waals surface area contributed by atoms with Crippen LogP contribution in [0.5, 0.6) is 5.75 Å². The lowest BCUT2D eigenvalue weighted by atomic mass is 10.1. The molecule has 0 N–H and O–H groups in total. The molecule has 84 valence electrons. The van der Waals surface area contributed by atoms with Crippen molar-refractivity contribution < 1.29 is 4.74 Å². The zero-order chi connectivity index (χ0) is 11.8. The molecule has 2 heteroatoms. The van der Waals surface area contributed by atoms with Crippen LogP contribution in [-0.2, 0) is 0 Å². The van der Waals surface area contributed by atoms with Crippen molar-refractivity contribution in [2.24, 2.45) is 0 Å². The summed E-state index contributed by atoms with van der Waals surface area (Å²) in [6.45, 7) is 6.15. The molecule has 0 fully saturated rings. The van der Waals surface area contributed by atoms with Gasteiger partial charge in [-0.05, 0) is 53.5 Å². The van der Waals surface area contributed by atoms with Crippen molar-refractivity contribution in [1.29, 1.82) is 0 Å². The topological polar surface area (TPSA) is 9.23 Å². The molecular formula is C14H15BrO. The quantitative estimate of drug-likeness (QED) is 0.730. The van der Waals surface area contributed by atoms with Crippen LogP contribution in [0.2, 0.25) is 0 Å². The van der Waals surface area contributed by atoms with Crippen molar-refractivity contribution in [3.8, 4) is 5.75 Å². The van der Waals surface area contributed by atoms with Crippen LogP contribution in [0.1, 0.15) is 20.8 Å². The summed E-state index contributed by atoms with van der Waals surface area (Å²) in [6, 6.07) is 12.4.